The predicted molar refractivity (Wildman–Crippen MR) is 105 cm³/mol. The van der Waals surface area contributed by atoms with Crippen LogP contribution < -0.4 is 10.5 Å². The highest BCUT2D eigenvalue weighted by Crippen LogP contribution is 2.24. The van der Waals surface area contributed by atoms with Gasteiger partial charge >= 0.3 is 0 Å². The fraction of sp³-hybridized carbons (Fsp3) is 0.571. The normalized spacial score (nSPS) is 24.9. The summed E-state index contributed by atoms with van der Waals surface area (Å²) in [6.45, 7) is 4.67. The number of carbonyl (C=O) groups is 3. The number of ether oxygens (including phenoxy) is 1. The molecule has 2 heterocycles. The van der Waals surface area contributed by atoms with Gasteiger partial charge in [-0.2, -0.15) is 0 Å². The quantitative estimate of drug-likeness (QED) is 0.836. The summed E-state index contributed by atoms with van der Waals surface area (Å²) in [5.41, 5.74) is 5.87. The molecule has 2 aliphatic rings. The Labute approximate surface area is 165 Å². The third-order valence-corrected chi connectivity index (χ3v) is 5.79. The summed E-state index contributed by atoms with van der Waals surface area (Å²) < 4.78 is 5.65. The van der Waals surface area contributed by atoms with Gasteiger partial charge < -0.3 is 20.3 Å². The highest BCUT2D eigenvalue weighted by Gasteiger charge is 2.33. The first-order valence-corrected chi connectivity index (χ1v) is 10.0. The van der Waals surface area contributed by atoms with Crippen LogP contribution in [0, 0.1) is 0 Å². The first-order chi connectivity index (χ1) is 13.4. The maximum absolute atomic E-state index is 12.6. The number of likely N-dealkylation sites (tertiary alicyclic amines) is 2. The number of carbonyl (C=O) groups excluding carboxylic acids is 3. The number of nitrogens with zero attached hydrogens (tertiary/aromatic N) is 2. The Hall–Kier alpha value is -2.57. The Balaban J connectivity index is 1.58. The van der Waals surface area contributed by atoms with Gasteiger partial charge in [-0.15, -0.1) is 0 Å². The van der Waals surface area contributed by atoms with Crippen molar-refractivity contribution in [3.05, 3.63) is 29.8 Å². The molecule has 0 radical (unpaired) electrons. The lowest BCUT2D eigenvalue weighted by Gasteiger charge is -2.38. The van der Waals surface area contributed by atoms with Crippen LogP contribution in [0.3, 0.4) is 0 Å². The Morgan fingerprint density at radius 3 is 2.29 bits per heavy atom. The Kier molecular flexibility index (Phi) is 6.21. The molecule has 0 unspecified atom stereocenters. The minimum Gasteiger partial charge on any atom is -0.484 e. The number of piperidine rings is 1. The molecule has 28 heavy (non-hydrogen) atoms. The zero-order valence-corrected chi connectivity index (χ0v) is 16.6. The fourth-order valence-corrected chi connectivity index (χ4v) is 4.30. The molecule has 2 N–H and O–H groups in total. The molecule has 0 saturated carbocycles. The molecule has 3 atom stereocenters. The van der Waals surface area contributed by atoms with Crippen LogP contribution in [0.4, 0.5) is 0 Å². The molecule has 1 aromatic carbocycles. The van der Waals surface area contributed by atoms with Crippen molar-refractivity contribution < 1.29 is 19.1 Å². The fourth-order valence-electron chi connectivity index (χ4n) is 4.30. The average Bonchev–Trinajstić information content (AvgIpc) is 3.16. The molecule has 3 rings (SSSR count). The molecular weight excluding hydrogens is 358 g/mol. The van der Waals surface area contributed by atoms with Crippen molar-refractivity contribution in [1.29, 1.82) is 0 Å². The maximum atomic E-state index is 12.6. The number of nitrogens with two attached hydrogens (primary N) is 1. The van der Waals surface area contributed by atoms with Gasteiger partial charge in [0.05, 0.1) is 0 Å². The third-order valence-electron chi connectivity index (χ3n) is 5.79. The Bertz CT molecular complexity index is 724. The largest absolute Gasteiger partial charge is 0.484 e. The van der Waals surface area contributed by atoms with Crippen LogP contribution in [-0.2, 0) is 9.59 Å². The molecule has 3 amide bonds. The van der Waals surface area contributed by atoms with Gasteiger partial charge in [-0.05, 0) is 70.2 Å². The van der Waals surface area contributed by atoms with Crippen molar-refractivity contribution in [3.8, 4) is 5.75 Å². The molecule has 2 fully saturated rings. The zero-order chi connectivity index (χ0) is 20.3. The van der Waals surface area contributed by atoms with E-state index in [0.29, 0.717) is 24.3 Å². The van der Waals surface area contributed by atoms with Crippen molar-refractivity contribution in [1.82, 2.24) is 9.80 Å². The molecule has 0 spiro atoms. The van der Waals surface area contributed by atoms with Gasteiger partial charge in [0.15, 0.2) is 6.61 Å². The van der Waals surface area contributed by atoms with Gasteiger partial charge in [0.25, 0.3) is 11.8 Å². The molecular formula is C21H29N3O4. The smallest absolute Gasteiger partial charge is 0.260 e. The zero-order valence-electron chi connectivity index (χ0n) is 16.6. The van der Waals surface area contributed by atoms with E-state index >= 15 is 0 Å². The van der Waals surface area contributed by atoms with E-state index in [0.717, 1.165) is 25.7 Å². The van der Waals surface area contributed by atoms with E-state index < -0.39 is 11.9 Å². The lowest BCUT2D eigenvalue weighted by Crippen LogP contribution is -2.49. The first kappa shape index (κ1) is 20.2. The number of primary amides is 1. The van der Waals surface area contributed by atoms with Gasteiger partial charge in [-0.3, -0.25) is 14.4 Å². The van der Waals surface area contributed by atoms with Crippen LogP contribution in [0.15, 0.2) is 24.3 Å². The lowest BCUT2D eigenvalue weighted by molar-refractivity contribution is -0.139. The number of amides is 3. The van der Waals surface area contributed by atoms with Crippen LogP contribution >= 0.6 is 0 Å². The molecule has 0 aliphatic carbocycles. The van der Waals surface area contributed by atoms with Gasteiger partial charge in [0, 0.05) is 24.2 Å². The SMILES string of the molecule is C[C@@H]1CCC[C@@H](C)N1C(=O)COc1ccc(C(=O)N2CCC[C@@H]2C(N)=O)cc1. The van der Waals surface area contributed by atoms with E-state index in [1.54, 1.807) is 24.3 Å². The molecule has 152 valence electrons. The van der Waals surface area contributed by atoms with E-state index in [2.05, 4.69) is 13.8 Å². The van der Waals surface area contributed by atoms with Crippen molar-refractivity contribution in [2.24, 2.45) is 5.73 Å². The van der Waals surface area contributed by atoms with Gasteiger partial charge in [-0.25, -0.2) is 0 Å². The first-order valence-electron chi connectivity index (χ1n) is 10.0. The topological polar surface area (TPSA) is 92.9 Å². The third kappa shape index (κ3) is 4.29. The lowest BCUT2D eigenvalue weighted by atomic mass is 9.97. The summed E-state index contributed by atoms with van der Waals surface area (Å²) in [5.74, 6) is -0.151. The summed E-state index contributed by atoms with van der Waals surface area (Å²) in [4.78, 5) is 40.1. The summed E-state index contributed by atoms with van der Waals surface area (Å²) >= 11 is 0. The van der Waals surface area contributed by atoms with Crippen LogP contribution in [-0.4, -0.2) is 58.8 Å². The molecule has 0 bridgehead atoms. The molecule has 2 aliphatic heterocycles. The van der Waals surface area contributed by atoms with Gasteiger partial charge in [-0.1, -0.05) is 0 Å². The van der Waals surface area contributed by atoms with Gasteiger partial charge in [0.2, 0.25) is 5.91 Å². The summed E-state index contributed by atoms with van der Waals surface area (Å²) in [6, 6.07) is 6.61. The maximum Gasteiger partial charge on any atom is 0.260 e. The summed E-state index contributed by atoms with van der Waals surface area (Å²) in [7, 11) is 0. The van der Waals surface area contributed by atoms with Crippen LogP contribution in [0.2, 0.25) is 0 Å². The van der Waals surface area contributed by atoms with Crippen LogP contribution in [0.1, 0.15) is 56.3 Å². The molecule has 7 heteroatoms. The second kappa shape index (κ2) is 8.63. The van der Waals surface area contributed by atoms with Crippen molar-refractivity contribution in [2.75, 3.05) is 13.2 Å². The van der Waals surface area contributed by atoms with Gasteiger partial charge in [0.1, 0.15) is 11.8 Å². The number of benzene rings is 1. The minimum atomic E-state index is -0.533. The highest BCUT2D eigenvalue weighted by atomic mass is 16.5. The number of hydrogen-bond acceptors (Lipinski definition) is 4. The monoisotopic (exact) mass is 387 g/mol. The van der Waals surface area contributed by atoms with E-state index in [1.807, 2.05) is 4.90 Å². The summed E-state index contributed by atoms with van der Waals surface area (Å²) in [6.07, 6.45) is 4.58. The van der Waals surface area contributed by atoms with Crippen LogP contribution in [0.25, 0.3) is 0 Å². The molecule has 2 saturated heterocycles. The highest BCUT2D eigenvalue weighted by molar-refractivity contribution is 5.97. The van der Waals surface area contributed by atoms with Crippen molar-refractivity contribution >= 4 is 17.7 Å². The molecule has 0 aromatic heterocycles. The van der Waals surface area contributed by atoms with Crippen molar-refractivity contribution in [3.63, 3.8) is 0 Å². The second-order valence-corrected chi connectivity index (χ2v) is 7.80. The number of rotatable bonds is 5. The van der Waals surface area contributed by atoms with E-state index in [4.69, 9.17) is 10.5 Å². The van der Waals surface area contributed by atoms with Crippen molar-refractivity contribution in [2.45, 2.75) is 64.1 Å². The molecule has 7 nitrogen and oxygen atoms in total. The molecule has 1 aromatic rings. The van der Waals surface area contributed by atoms with Crippen LogP contribution in [0.5, 0.6) is 5.75 Å². The van der Waals surface area contributed by atoms with E-state index in [1.165, 1.54) is 4.90 Å². The van der Waals surface area contributed by atoms with E-state index in [9.17, 15) is 14.4 Å². The average molecular weight is 387 g/mol. The Morgan fingerprint density at radius 1 is 1.04 bits per heavy atom. The second-order valence-electron chi connectivity index (χ2n) is 7.80. The predicted octanol–water partition coefficient (Wildman–Crippen LogP) is 1.94. The van der Waals surface area contributed by atoms with E-state index in [-0.39, 0.29) is 30.5 Å². The Morgan fingerprint density at radius 2 is 1.68 bits per heavy atom. The standard InChI is InChI=1S/C21H29N3O4/c1-14-5-3-6-15(2)24(14)19(25)13-28-17-10-8-16(9-11-17)21(27)23-12-4-7-18(23)20(22)26/h8-11,14-15,18H,3-7,12-13H2,1-2H3,(H2,22,26)/t14-,15-,18-/m1/s1. The summed E-state index contributed by atoms with van der Waals surface area (Å²) in [5, 5.41) is 0. The number of hydrogen-bond donors (Lipinski definition) is 1. The minimum absolute atomic E-state index is 0.0128.